The summed E-state index contributed by atoms with van der Waals surface area (Å²) in [5.74, 6) is 0.344. The van der Waals surface area contributed by atoms with E-state index in [9.17, 15) is 8.42 Å². The highest BCUT2D eigenvalue weighted by molar-refractivity contribution is 7.91. The fraction of sp³-hybridized carbons (Fsp3) is 0.583. The highest BCUT2D eigenvalue weighted by atomic mass is 32.2. The van der Waals surface area contributed by atoms with Gasteiger partial charge in [0.25, 0.3) is 0 Å². The van der Waals surface area contributed by atoms with Crippen LogP contribution in [0.3, 0.4) is 0 Å². The molecule has 2 rings (SSSR count). The second-order valence-electron chi connectivity index (χ2n) is 4.50. The fourth-order valence-corrected chi connectivity index (χ4v) is 4.08. The zero-order valence-electron chi connectivity index (χ0n) is 10.3. The Hall–Kier alpha value is -0.720. The molecule has 1 aliphatic rings. The number of sulfone groups is 1. The first-order valence-electron chi connectivity index (χ1n) is 6.05. The quantitative estimate of drug-likeness (QED) is 0.744. The summed E-state index contributed by atoms with van der Waals surface area (Å²) in [5.41, 5.74) is 3.11. The molecule has 0 saturated carbocycles. The molecule has 1 aliphatic heterocycles. The molecular formula is C12H18N2O2S2. The van der Waals surface area contributed by atoms with Crippen molar-refractivity contribution >= 4 is 21.2 Å². The van der Waals surface area contributed by atoms with Crippen LogP contribution in [-0.2, 0) is 22.8 Å². The summed E-state index contributed by atoms with van der Waals surface area (Å²) in [6.45, 7) is 6.21. The van der Waals surface area contributed by atoms with Gasteiger partial charge in [-0.2, -0.15) is 0 Å². The highest BCUT2D eigenvalue weighted by Gasteiger charge is 2.18. The summed E-state index contributed by atoms with van der Waals surface area (Å²) in [4.78, 5) is 7.96. The van der Waals surface area contributed by atoms with Crippen molar-refractivity contribution in [1.82, 2.24) is 9.88 Å². The van der Waals surface area contributed by atoms with Gasteiger partial charge in [-0.1, -0.05) is 6.08 Å². The zero-order valence-corrected chi connectivity index (χ0v) is 12.0. The van der Waals surface area contributed by atoms with Gasteiger partial charge in [0, 0.05) is 24.4 Å². The van der Waals surface area contributed by atoms with Crippen LogP contribution in [0.5, 0.6) is 0 Å². The van der Waals surface area contributed by atoms with Crippen molar-refractivity contribution in [1.29, 1.82) is 0 Å². The monoisotopic (exact) mass is 286 g/mol. The van der Waals surface area contributed by atoms with Gasteiger partial charge in [-0.15, -0.1) is 17.9 Å². The Balaban J connectivity index is 1.78. The summed E-state index contributed by atoms with van der Waals surface area (Å²) >= 11 is 1.69. The molecule has 0 bridgehead atoms. The second kappa shape index (κ2) is 5.95. The van der Waals surface area contributed by atoms with Gasteiger partial charge < -0.3 is 0 Å². The van der Waals surface area contributed by atoms with E-state index in [1.807, 2.05) is 5.51 Å². The number of hydrogen-bond acceptors (Lipinski definition) is 5. The van der Waals surface area contributed by atoms with Gasteiger partial charge in [-0.05, 0) is 13.0 Å². The summed E-state index contributed by atoms with van der Waals surface area (Å²) in [5, 5.41) is 0. The van der Waals surface area contributed by atoms with Crippen LogP contribution in [0.1, 0.15) is 17.0 Å². The lowest BCUT2D eigenvalue weighted by Gasteiger charge is -2.25. The predicted octanol–water partition coefficient (Wildman–Crippen LogP) is 1.49. The smallest absolute Gasteiger partial charge is 0.153 e. The van der Waals surface area contributed by atoms with Gasteiger partial charge in [0.1, 0.15) is 0 Å². The Kier molecular flexibility index (Phi) is 4.53. The lowest BCUT2D eigenvalue weighted by molar-refractivity contribution is 0.256. The van der Waals surface area contributed by atoms with E-state index < -0.39 is 9.84 Å². The number of rotatable bonds is 6. The number of fused-ring (bicyclic) bond motifs is 1. The molecule has 0 unspecified atom stereocenters. The average molecular weight is 286 g/mol. The van der Waals surface area contributed by atoms with Crippen LogP contribution < -0.4 is 0 Å². The lowest BCUT2D eigenvalue weighted by atomic mass is 10.2. The molecule has 0 amide bonds. The predicted molar refractivity (Wildman–Crippen MR) is 74.6 cm³/mol. The third kappa shape index (κ3) is 3.63. The zero-order chi connectivity index (χ0) is 13.0. The van der Waals surface area contributed by atoms with E-state index in [4.69, 9.17) is 0 Å². The SMILES string of the molecule is C=CCS(=O)(=O)CCCN1CCc2ncsc2C1. The van der Waals surface area contributed by atoms with Crippen LogP contribution in [0.2, 0.25) is 0 Å². The van der Waals surface area contributed by atoms with Gasteiger partial charge in [0.2, 0.25) is 0 Å². The van der Waals surface area contributed by atoms with Gasteiger partial charge in [0.05, 0.1) is 22.7 Å². The summed E-state index contributed by atoms with van der Waals surface area (Å²) < 4.78 is 23.1. The maximum absolute atomic E-state index is 11.5. The number of aromatic nitrogens is 1. The molecule has 0 saturated heterocycles. The van der Waals surface area contributed by atoms with Crippen molar-refractivity contribution in [2.45, 2.75) is 19.4 Å². The van der Waals surface area contributed by atoms with Crippen LogP contribution >= 0.6 is 11.3 Å². The Bertz CT molecular complexity index is 508. The van der Waals surface area contributed by atoms with Crippen molar-refractivity contribution < 1.29 is 8.42 Å². The molecule has 0 aromatic carbocycles. The molecule has 2 heterocycles. The molecule has 1 aromatic rings. The van der Waals surface area contributed by atoms with Crippen molar-refractivity contribution in [2.75, 3.05) is 24.6 Å². The molecule has 0 N–H and O–H groups in total. The Morgan fingerprint density at radius 3 is 3.17 bits per heavy atom. The van der Waals surface area contributed by atoms with E-state index >= 15 is 0 Å². The van der Waals surface area contributed by atoms with Crippen LogP contribution in [-0.4, -0.2) is 42.9 Å². The van der Waals surface area contributed by atoms with Crippen LogP contribution in [0.4, 0.5) is 0 Å². The second-order valence-corrected chi connectivity index (χ2v) is 7.67. The first-order chi connectivity index (χ1) is 8.61. The van der Waals surface area contributed by atoms with E-state index in [-0.39, 0.29) is 11.5 Å². The Morgan fingerprint density at radius 2 is 2.39 bits per heavy atom. The minimum absolute atomic E-state index is 0.0893. The minimum Gasteiger partial charge on any atom is -0.298 e. The summed E-state index contributed by atoms with van der Waals surface area (Å²) in [6, 6.07) is 0. The molecule has 0 fully saturated rings. The molecule has 18 heavy (non-hydrogen) atoms. The Morgan fingerprint density at radius 1 is 1.56 bits per heavy atom. The van der Waals surface area contributed by atoms with E-state index in [0.29, 0.717) is 6.42 Å². The fourth-order valence-electron chi connectivity index (χ4n) is 2.13. The average Bonchev–Trinajstić information content (AvgIpc) is 2.75. The van der Waals surface area contributed by atoms with E-state index in [0.717, 1.165) is 26.1 Å². The van der Waals surface area contributed by atoms with Gasteiger partial charge in [-0.25, -0.2) is 13.4 Å². The number of hydrogen-bond donors (Lipinski definition) is 0. The third-order valence-electron chi connectivity index (χ3n) is 3.06. The largest absolute Gasteiger partial charge is 0.298 e. The summed E-state index contributed by atoms with van der Waals surface area (Å²) in [7, 11) is -2.94. The van der Waals surface area contributed by atoms with Crippen LogP contribution in [0.15, 0.2) is 18.2 Å². The van der Waals surface area contributed by atoms with Crippen molar-refractivity contribution in [2.24, 2.45) is 0 Å². The normalized spacial score (nSPS) is 16.4. The number of nitrogens with zero attached hydrogens (tertiary/aromatic N) is 2. The highest BCUT2D eigenvalue weighted by Crippen LogP contribution is 2.21. The minimum atomic E-state index is -2.94. The van der Waals surface area contributed by atoms with Gasteiger partial charge in [0.15, 0.2) is 9.84 Å². The topological polar surface area (TPSA) is 50.3 Å². The molecule has 1 aromatic heterocycles. The molecule has 6 heteroatoms. The van der Waals surface area contributed by atoms with E-state index in [1.165, 1.54) is 16.6 Å². The molecule has 100 valence electrons. The van der Waals surface area contributed by atoms with Crippen molar-refractivity contribution in [3.8, 4) is 0 Å². The first-order valence-corrected chi connectivity index (χ1v) is 8.76. The standard InChI is InChI=1S/C12H18N2O2S2/c1-2-7-18(15,16)8-3-5-14-6-4-11-12(9-14)17-10-13-11/h2,10H,1,3-9H2. The maximum atomic E-state index is 11.5. The molecular weight excluding hydrogens is 268 g/mol. The van der Waals surface area contributed by atoms with Crippen molar-refractivity contribution in [3.63, 3.8) is 0 Å². The van der Waals surface area contributed by atoms with Gasteiger partial charge >= 0.3 is 0 Å². The first kappa shape index (κ1) is 13.7. The molecule has 0 atom stereocenters. The van der Waals surface area contributed by atoms with E-state index in [1.54, 1.807) is 11.3 Å². The summed E-state index contributed by atoms with van der Waals surface area (Å²) in [6.07, 6.45) is 3.14. The molecule has 4 nitrogen and oxygen atoms in total. The Labute approximate surface area is 112 Å². The lowest BCUT2D eigenvalue weighted by Crippen LogP contribution is -2.31. The molecule has 0 radical (unpaired) electrons. The van der Waals surface area contributed by atoms with Crippen LogP contribution in [0, 0.1) is 0 Å². The molecule has 0 aliphatic carbocycles. The third-order valence-corrected chi connectivity index (χ3v) is 5.57. The van der Waals surface area contributed by atoms with E-state index in [2.05, 4.69) is 16.5 Å². The molecule has 0 spiro atoms. The maximum Gasteiger partial charge on any atom is 0.153 e. The van der Waals surface area contributed by atoms with Crippen molar-refractivity contribution in [3.05, 3.63) is 28.7 Å². The van der Waals surface area contributed by atoms with Crippen LogP contribution in [0.25, 0.3) is 0 Å². The van der Waals surface area contributed by atoms with Gasteiger partial charge in [-0.3, -0.25) is 4.90 Å². The number of thiazole rings is 1.